The van der Waals surface area contributed by atoms with Crippen molar-refractivity contribution in [1.29, 1.82) is 0 Å². The van der Waals surface area contributed by atoms with Gasteiger partial charge in [-0.05, 0) is 29.0 Å². The first-order valence-corrected chi connectivity index (χ1v) is 10.1. The molecule has 146 valence electrons. The van der Waals surface area contributed by atoms with Gasteiger partial charge in [-0.25, -0.2) is 0 Å². The van der Waals surface area contributed by atoms with E-state index in [-0.39, 0.29) is 5.91 Å². The quantitative estimate of drug-likeness (QED) is 0.535. The number of amides is 1. The Hall–Kier alpha value is -3.18. The van der Waals surface area contributed by atoms with Crippen molar-refractivity contribution in [3.05, 3.63) is 78.3 Å². The van der Waals surface area contributed by atoms with E-state index in [1.165, 1.54) is 5.39 Å². The molecule has 0 bridgehead atoms. The topological polar surface area (TPSA) is 49.6 Å². The van der Waals surface area contributed by atoms with Gasteiger partial charge in [-0.15, -0.1) is 0 Å². The lowest BCUT2D eigenvalue weighted by Crippen LogP contribution is -2.48. The molecule has 1 saturated heterocycles. The molecule has 1 amide bonds. The van der Waals surface area contributed by atoms with Crippen molar-refractivity contribution >= 4 is 27.6 Å². The number of nitrogens with zero attached hydrogens (tertiary/aromatic N) is 3. The maximum atomic E-state index is 13.0. The van der Waals surface area contributed by atoms with E-state index >= 15 is 0 Å². The summed E-state index contributed by atoms with van der Waals surface area (Å²) in [5, 5.41) is 3.37. The number of hydrogen-bond acceptors (Lipinski definition) is 4. The molecule has 0 atom stereocenters. The number of aromatic nitrogens is 1. The predicted octanol–water partition coefficient (Wildman–Crippen LogP) is 3.87. The number of rotatable bonds is 4. The first kappa shape index (κ1) is 17.9. The molecule has 5 rings (SSSR count). The first-order chi connectivity index (χ1) is 14.3. The van der Waals surface area contributed by atoms with Crippen LogP contribution in [0.15, 0.2) is 71.5 Å². The van der Waals surface area contributed by atoms with Gasteiger partial charge in [0.15, 0.2) is 0 Å². The zero-order valence-electron chi connectivity index (χ0n) is 16.3. The SMILES string of the molecule is O=C(Cc1coc2ccc3ccccc3c12)N1CCN(Cc2ccccn2)CC1. The highest BCUT2D eigenvalue weighted by molar-refractivity contribution is 6.08. The molecule has 0 N–H and O–H groups in total. The van der Waals surface area contributed by atoms with Gasteiger partial charge in [0, 0.05) is 49.9 Å². The van der Waals surface area contributed by atoms with Crippen LogP contribution in [-0.2, 0) is 17.8 Å². The zero-order chi connectivity index (χ0) is 19.6. The molecule has 0 spiro atoms. The van der Waals surface area contributed by atoms with Crippen molar-refractivity contribution < 1.29 is 9.21 Å². The van der Waals surface area contributed by atoms with Gasteiger partial charge in [0.1, 0.15) is 5.58 Å². The van der Waals surface area contributed by atoms with Crippen LogP contribution in [0.2, 0.25) is 0 Å². The largest absolute Gasteiger partial charge is 0.464 e. The highest BCUT2D eigenvalue weighted by Crippen LogP contribution is 2.30. The van der Waals surface area contributed by atoms with Gasteiger partial charge in [-0.3, -0.25) is 14.7 Å². The fraction of sp³-hybridized carbons (Fsp3) is 0.250. The van der Waals surface area contributed by atoms with Crippen LogP contribution in [0.3, 0.4) is 0 Å². The van der Waals surface area contributed by atoms with Gasteiger partial charge in [0.05, 0.1) is 18.4 Å². The number of furan rings is 1. The van der Waals surface area contributed by atoms with E-state index < -0.39 is 0 Å². The molecule has 0 radical (unpaired) electrons. The van der Waals surface area contributed by atoms with Crippen LogP contribution in [-0.4, -0.2) is 46.9 Å². The average molecular weight is 385 g/mol. The molecule has 1 aliphatic heterocycles. The van der Waals surface area contributed by atoms with Crippen molar-refractivity contribution in [3.63, 3.8) is 0 Å². The van der Waals surface area contributed by atoms with Gasteiger partial charge >= 0.3 is 0 Å². The van der Waals surface area contributed by atoms with E-state index in [0.717, 1.165) is 60.3 Å². The van der Waals surface area contributed by atoms with E-state index in [9.17, 15) is 4.79 Å². The maximum absolute atomic E-state index is 13.0. The van der Waals surface area contributed by atoms with E-state index in [1.54, 1.807) is 6.26 Å². The van der Waals surface area contributed by atoms with Crippen molar-refractivity contribution in [1.82, 2.24) is 14.8 Å². The van der Waals surface area contributed by atoms with E-state index in [2.05, 4.69) is 28.1 Å². The van der Waals surface area contributed by atoms with Crippen LogP contribution < -0.4 is 0 Å². The van der Waals surface area contributed by atoms with Crippen molar-refractivity contribution in [3.8, 4) is 0 Å². The summed E-state index contributed by atoms with van der Waals surface area (Å²) < 4.78 is 5.74. The number of hydrogen-bond donors (Lipinski definition) is 0. The molecule has 0 saturated carbocycles. The number of pyridine rings is 1. The van der Waals surface area contributed by atoms with Gasteiger partial charge in [-0.2, -0.15) is 0 Å². The second-order valence-electron chi connectivity index (χ2n) is 7.58. The fourth-order valence-electron chi connectivity index (χ4n) is 4.16. The Morgan fingerprint density at radius 2 is 1.79 bits per heavy atom. The molecule has 2 aromatic heterocycles. The molecule has 0 aliphatic carbocycles. The van der Waals surface area contributed by atoms with Crippen LogP contribution in [0.1, 0.15) is 11.3 Å². The highest BCUT2D eigenvalue weighted by atomic mass is 16.3. The molecular formula is C24H23N3O2. The summed E-state index contributed by atoms with van der Waals surface area (Å²) in [6.07, 6.45) is 3.95. The van der Waals surface area contributed by atoms with Gasteiger partial charge < -0.3 is 9.32 Å². The number of piperazine rings is 1. The summed E-state index contributed by atoms with van der Waals surface area (Å²) in [5.41, 5.74) is 2.88. The van der Waals surface area contributed by atoms with Gasteiger partial charge in [0.25, 0.3) is 0 Å². The van der Waals surface area contributed by atoms with Crippen LogP contribution in [0.25, 0.3) is 21.7 Å². The number of carbonyl (C=O) groups excluding carboxylic acids is 1. The van der Waals surface area contributed by atoms with Crippen molar-refractivity contribution in [2.45, 2.75) is 13.0 Å². The second-order valence-corrected chi connectivity index (χ2v) is 7.58. The van der Waals surface area contributed by atoms with Crippen LogP contribution in [0.4, 0.5) is 0 Å². The highest BCUT2D eigenvalue weighted by Gasteiger charge is 2.23. The van der Waals surface area contributed by atoms with E-state index in [1.807, 2.05) is 47.5 Å². The normalized spacial score (nSPS) is 15.2. The predicted molar refractivity (Wildman–Crippen MR) is 114 cm³/mol. The van der Waals surface area contributed by atoms with Gasteiger partial charge in [-0.1, -0.05) is 36.4 Å². The average Bonchev–Trinajstić information content (AvgIpc) is 3.18. The van der Waals surface area contributed by atoms with E-state index in [0.29, 0.717) is 6.42 Å². The smallest absolute Gasteiger partial charge is 0.227 e. The third kappa shape index (κ3) is 3.61. The lowest BCUT2D eigenvalue weighted by Gasteiger charge is -2.34. The molecule has 5 heteroatoms. The van der Waals surface area contributed by atoms with Crippen LogP contribution >= 0.6 is 0 Å². The van der Waals surface area contributed by atoms with Crippen molar-refractivity contribution in [2.75, 3.05) is 26.2 Å². The standard InChI is InChI=1S/C24H23N3O2/c28-23(27-13-11-26(12-14-27)16-20-6-3-4-10-25-20)15-19-17-29-22-9-8-18-5-1-2-7-21(18)24(19)22/h1-10,17H,11-16H2. The van der Waals surface area contributed by atoms with Crippen LogP contribution in [0.5, 0.6) is 0 Å². The minimum absolute atomic E-state index is 0.165. The minimum atomic E-state index is 0.165. The van der Waals surface area contributed by atoms with Crippen molar-refractivity contribution in [2.24, 2.45) is 0 Å². The fourth-order valence-corrected chi connectivity index (χ4v) is 4.16. The van der Waals surface area contributed by atoms with E-state index in [4.69, 9.17) is 4.42 Å². The molecule has 29 heavy (non-hydrogen) atoms. The molecular weight excluding hydrogens is 362 g/mol. The number of fused-ring (bicyclic) bond motifs is 3. The lowest BCUT2D eigenvalue weighted by atomic mass is 10.0. The molecule has 2 aromatic carbocycles. The maximum Gasteiger partial charge on any atom is 0.227 e. The molecule has 1 aliphatic rings. The Morgan fingerprint density at radius 1 is 0.966 bits per heavy atom. The third-order valence-electron chi connectivity index (χ3n) is 5.72. The Balaban J connectivity index is 1.27. The minimum Gasteiger partial charge on any atom is -0.464 e. The van der Waals surface area contributed by atoms with Gasteiger partial charge in [0.2, 0.25) is 5.91 Å². The monoisotopic (exact) mass is 385 g/mol. The molecule has 3 heterocycles. The lowest BCUT2D eigenvalue weighted by molar-refractivity contribution is -0.132. The van der Waals surface area contributed by atoms with Crippen LogP contribution in [0, 0.1) is 0 Å². The summed E-state index contributed by atoms with van der Waals surface area (Å²) in [6, 6.07) is 18.3. The Kier molecular flexibility index (Phi) is 4.74. The zero-order valence-corrected chi connectivity index (χ0v) is 16.3. The first-order valence-electron chi connectivity index (χ1n) is 10.1. The summed E-state index contributed by atoms with van der Waals surface area (Å²) in [6.45, 7) is 4.08. The summed E-state index contributed by atoms with van der Waals surface area (Å²) in [4.78, 5) is 21.7. The summed E-state index contributed by atoms with van der Waals surface area (Å²) in [5.74, 6) is 0.165. The molecule has 5 nitrogen and oxygen atoms in total. The number of carbonyl (C=O) groups is 1. The molecule has 1 fully saturated rings. The molecule has 0 unspecified atom stereocenters. The molecule has 4 aromatic rings. The third-order valence-corrected chi connectivity index (χ3v) is 5.72. The summed E-state index contributed by atoms with van der Waals surface area (Å²) >= 11 is 0. The summed E-state index contributed by atoms with van der Waals surface area (Å²) in [7, 11) is 0. The Morgan fingerprint density at radius 3 is 2.62 bits per heavy atom. The Labute approximate surface area is 169 Å². The second kappa shape index (κ2) is 7.68. The Bertz CT molecular complexity index is 1140. The number of benzene rings is 2.